The van der Waals surface area contributed by atoms with Crippen molar-refractivity contribution in [2.24, 2.45) is 5.92 Å². The number of aliphatic hydroxyl groups excluding tert-OH is 1. The zero-order valence-electron chi connectivity index (χ0n) is 24.4. The van der Waals surface area contributed by atoms with Crippen LogP contribution < -0.4 is 10.1 Å². The van der Waals surface area contributed by atoms with E-state index < -0.39 is 28.1 Å². The Labute approximate surface area is 253 Å². The average Bonchev–Trinajstić information content (AvgIpc) is 3.57. The van der Waals surface area contributed by atoms with E-state index in [-0.39, 0.29) is 69.9 Å². The number of hydrogen-bond acceptors (Lipinski definition) is 10. The third-order valence-corrected chi connectivity index (χ3v) is 10.6. The molecule has 5 rings (SSSR count). The number of nitrogens with zero attached hydrogens (tertiary/aromatic N) is 4. The number of benzene rings is 2. The highest BCUT2D eigenvalue weighted by Gasteiger charge is 2.37. The molecule has 0 saturated carbocycles. The highest BCUT2D eigenvalue weighted by Crippen LogP contribution is 2.36. The summed E-state index contributed by atoms with van der Waals surface area (Å²) in [4.78, 5) is 33.0. The first-order valence-corrected chi connectivity index (χ1v) is 16.0. The van der Waals surface area contributed by atoms with Crippen molar-refractivity contribution in [2.45, 2.75) is 44.7 Å². The lowest BCUT2D eigenvalue weighted by atomic mass is 9.99. The molecule has 1 aliphatic rings. The van der Waals surface area contributed by atoms with Gasteiger partial charge in [-0.25, -0.2) is 13.4 Å². The number of thiazole rings is 1. The van der Waals surface area contributed by atoms with Gasteiger partial charge in [-0.15, -0.1) is 11.3 Å². The highest BCUT2D eigenvalue weighted by atomic mass is 32.2. The molecular formula is C29H33N5O7S2. The second-order valence-electron chi connectivity index (χ2n) is 10.7. The molecule has 0 fully saturated rings. The predicted octanol–water partition coefficient (Wildman–Crippen LogP) is 3.69. The van der Waals surface area contributed by atoms with E-state index in [2.05, 4.69) is 15.5 Å². The molecule has 1 aliphatic heterocycles. The second kappa shape index (κ2) is 12.0. The Bertz CT molecular complexity index is 1730. The molecule has 2 amide bonds. The fraction of sp³-hybridized carbons (Fsp3) is 0.379. The SMILES string of the molecule is Cc1noc(C)c1S(=O)(=O)N(C)C[C@H]1Oc2c(NC(=O)c3nc4ccccc4s3)cccc2C(=O)N([C@@H](C)CO)C[C@H]1C. The zero-order chi connectivity index (χ0) is 31.1. The molecule has 0 spiro atoms. The van der Waals surface area contributed by atoms with Crippen LogP contribution in [0.5, 0.6) is 5.75 Å². The van der Waals surface area contributed by atoms with Crippen LogP contribution in [0.1, 0.15) is 45.5 Å². The van der Waals surface area contributed by atoms with Crippen LogP contribution in [-0.2, 0) is 10.0 Å². The molecular weight excluding hydrogens is 594 g/mol. The number of ether oxygens (including phenoxy) is 1. The number of sulfonamides is 1. The largest absolute Gasteiger partial charge is 0.486 e. The summed E-state index contributed by atoms with van der Waals surface area (Å²) in [5.41, 5.74) is 1.35. The van der Waals surface area contributed by atoms with Gasteiger partial charge in [-0.05, 0) is 45.0 Å². The molecule has 0 aliphatic carbocycles. The van der Waals surface area contributed by atoms with Crippen molar-refractivity contribution >= 4 is 49.1 Å². The van der Waals surface area contributed by atoms with Crippen LogP contribution >= 0.6 is 11.3 Å². The van der Waals surface area contributed by atoms with Gasteiger partial charge in [0.2, 0.25) is 10.0 Å². The number of aliphatic hydroxyl groups is 1. The van der Waals surface area contributed by atoms with Gasteiger partial charge in [0.1, 0.15) is 16.7 Å². The molecule has 43 heavy (non-hydrogen) atoms. The molecule has 2 aromatic heterocycles. The van der Waals surface area contributed by atoms with E-state index in [0.717, 1.165) is 4.70 Å². The van der Waals surface area contributed by atoms with Gasteiger partial charge in [-0.1, -0.05) is 30.3 Å². The average molecular weight is 628 g/mol. The van der Waals surface area contributed by atoms with E-state index in [0.29, 0.717) is 5.52 Å². The predicted molar refractivity (Wildman–Crippen MR) is 161 cm³/mol. The second-order valence-corrected chi connectivity index (χ2v) is 13.7. The number of rotatable bonds is 8. The smallest absolute Gasteiger partial charge is 0.284 e. The van der Waals surface area contributed by atoms with Crippen molar-refractivity contribution in [3.05, 3.63) is 64.5 Å². The van der Waals surface area contributed by atoms with Crippen molar-refractivity contribution in [3.8, 4) is 5.75 Å². The van der Waals surface area contributed by atoms with Crippen LogP contribution in [-0.4, -0.2) is 83.6 Å². The van der Waals surface area contributed by atoms with E-state index in [9.17, 15) is 23.1 Å². The van der Waals surface area contributed by atoms with E-state index in [1.807, 2.05) is 31.2 Å². The normalized spacial score (nSPS) is 18.2. The summed E-state index contributed by atoms with van der Waals surface area (Å²) in [5.74, 6) is -0.946. The van der Waals surface area contributed by atoms with Gasteiger partial charge < -0.3 is 24.6 Å². The van der Waals surface area contributed by atoms with Crippen molar-refractivity contribution < 1.29 is 32.4 Å². The number of carbonyl (C=O) groups excluding carboxylic acids is 2. The number of aromatic nitrogens is 2. The molecule has 14 heteroatoms. The van der Waals surface area contributed by atoms with Gasteiger partial charge in [0.15, 0.2) is 16.5 Å². The third kappa shape index (κ3) is 5.87. The quantitative estimate of drug-likeness (QED) is 0.298. The minimum Gasteiger partial charge on any atom is -0.486 e. The molecule has 3 atom stereocenters. The Morgan fingerprint density at radius 1 is 1.23 bits per heavy atom. The summed E-state index contributed by atoms with van der Waals surface area (Å²) in [5, 5.41) is 16.8. The Kier molecular flexibility index (Phi) is 8.56. The van der Waals surface area contributed by atoms with Gasteiger partial charge >= 0.3 is 0 Å². The van der Waals surface area contributed by atoms with Crippen molar-refractivity contribution in [3.63, 3.8) is 0 Å². The molecule has 2 N–H and O–H groups in total. The Morgan fingerprint density at radius 3 is 2.65 bits per heavy atom. The minimum atomic E-state index is -4.00. The van der Waals surface area contributed by atoms with Crippen LogP contribution in [0.25, 0.3) is 10.2 Å². The molecule has 0 saturated heterocycles. The van der Waals surface area contributed by atoms with E-state index in [1.54, 1.807) is 36.9 Å². The lowest BCUT2D eigenvalue weighted by Gasteiger charge is -2.38. The maximum atomic E-state index is 13.8. The van der Waals surface area contributed by atoms with Crippen molar-refractivity contribution in [2.75, 3.05) is 32.1 Å². The number of fused-ring (bicyclic) bond motifs is 2. The van der Waals surface area contributed by atoms with Gasteiger partial charge in [0.05, 0.1) is 40.7 Å². The van der Waals surface area contributed by atoms with E-state index in [4.69, 9.17) is 9.26 Å². The number of para-hydroxylation sites is 2. The van der Waals surface area contributed by atoms with Gasteiger partial charge in [0, 0.05) is 19.5 Å². The molecule has 0 radical (unpaired) electrons. The maximum Gasteiger partial charge on any atom is 0.284 e. The van der Waals surface area contributed by atoms with Crippen LogP contribution in [0.3, 0.4) is 0 Å². The standard InChI is InChI=1S/C29H33N5O7S2/c1-16-13-34(17(2)15-35)29(37)20-9-8-11-22(30-27(36)28-31-21-10-6-7-12-24(21)42-28)25(20)40-23(16)14-33(5)43(38,39)26-18(3)32-41-19(26)4/h6-12,16-17,23,35H,13-15H2,1-5H3,(H,30,36)/t16-,17+,23-/m1/s1. The van der Waals surface area contributed by atoms with Crippen LogP contribution in [0.4, 0.5) is 5.69 Å². The summed E-state index contributed by atoms with van der Waals surface area (Å²) in [6.07, 6.45) is -0.749. The molecule has 228 valence electrons. The highest BCUT2D eigenvalue weighted by molar-refractivity contribution is 7.89. The summed E-state index contributed by atoms with van der Waals surface area (Å²) >= 11 is 1.24. The Balaban J connectivity index is 1.52. The first-order valence-electron chi connectivity index (χ1n) is 13.7. The summed E-state index contributed by atoms with van der Waals surface area (Å²) < 4.78 is 40.7. The monoisotopic (exact) mass is 627 g/mol. The van der Waals surface area contributed by atoms with Gasteiger partial charge in [-0.3, -0.25) is 9.59 Å². The number of aryl methyl sites for hydroxylation is 2. The van der Waals surface area contributed by atoms with Gasteiger partial charge in [0.25, 0.3) is 11.8 Å². The molecule has 12 nitrogen and oxygen atoms in total. The summed E-state index contributed by atoms with van der Waals surface area (Å²) in [6, 6.07) is 11.7. The third-order valence-electron chi connectivity index (χ3n) is 7.50. The van der Waals surface area contributed by atoms with E-state index in [1.165, 1.54) is 29.6 Å². The topological polar surface area (TPSA) is 155 Å². The molecule has 3 heterocycles. The fourth-order valence-electron chi connectivity index (χ4n) is 5.06. The number of amides is 2. The lowest BCUT2D eigenvalue weighted by molar-refractivity contribution is 0.0388. The van der Waals surface area contributed by atoms with Crippen LogP contribution in [0.2, 0.25) is 0 Å². The maximum absolute atomic E-state index is 13.8. The number of likely N-dealkylation sites (N-methyl/N-ethyl adjacent to an activating group) is 1. The Hall–Kier alpha value is -3.85. The minimum absolute atomic E-state index is 0.0107. The summed E-state index contributed by atoms with van der Waals surface area (Å²) in [7, 11) is -2.56. The lowest BCUT2D eigenvalue weighted by Crippen LogP contribution is -2.50. The fourth-order valence-corrected chi connectivity index (χ4v) is 7.38. The van der Waals surface area contributed by atoms with Gasteiger partial charge in [-0.2, -0.15) is 4.31 Å². The van der Waals surface area contributed by atoms with Crippen molar-refractivity contribution in [1.82, 2.24) is 19.3 Å². The molecule has 2 aromatic carbocycles. The van der Waals surface area contributed by atoms with Crippen LogP contribution in [0, 0.1) is 19.8 Å². The molecule has 0 unspecified atom stereocenters. The number of hydrogen-bond donors (Lipinski definition) is 2. The number of nitrogens with one attached hydrogen (secondary N) is 1. The zero-order valence-corrected chi connectivity index (χ0v) is 26.0. The molecule has 0 bridgehead atoms. The Morgan fingerprint density at radius 2 is 1.98 bits per heavy atom. The first kappa shape index (κ1) is 30.6. The molecule has 4 aromatic rings. The van der Waals surface area contributed by atoms with Crippen molar-refractivity contribution in [1.29, 1.82) is 0 Å². The first-order chi connectivity index (χ1) is 20.4. The number of carbonyl (C=O) groups is 2. The van der Waals surface area contributed by atoms with Crippen LogP contribution in [0.15, 0.2) is 51.9 Å². The number of anilines is 1. The van der Waals surface area contributed by atoms with E-state index >= 15 is 0 Å². The summed E-state index contributed by atoms with van der Waals surface area (Å²) in [6.45, 7) is 6.52.